The highest BCUT2D eigenvalue weighted by atomic mass is 32.1. The molecule has 4 rings (SSSR count). The van der Waals surface area contributed by atoms with Gasteiger partial charge in [0.15, 0.2) is 0 Å². The van der Waals surface area contributed by atoms with Crippen LogP contribution in [0.1, 0.15) is 31.3 Å². The number of carboxylic acids is 1. The number of carbonyl (C=O) groups is 2. The molecular formula is C24H22N6O4S. The third-order valence-electron chi connectivity index (χ3n) is 5.33. The number of aromatic nitrogens is 2. The van der Waals surface area contributed by atoms with Crippen LogP contribution in [0.25, 0.3) is 10.9 Å². The number of nitrogens with one attached hydrogen (secondary N) is 3. The molecule has 10 nitrogen and oxygen atoms in total. The van der Waals surface area contributed by atoms with E-state index in [0.29, 0.717) is 22.0 Å². The number of amidine groups is 1. The maximum absolute atomic E-state index is 13.0. The first-order valence-electron chi connectivity index (χ1n) is 10.6. The summed E-state index contributed by atoms with van der Waals surface area (Å²) in [7, 11) is 0. The Morgan fingerprint density at radius 3 is 2.46 bits per heavy atom. The maximum Gasteiger partial charge on any atom is 0.343 e. The molecular weight excluding hydrogens is 468 g/mol. The van der Waals surface area contributed by atoms with Crippen LogP contribution in [0.4, 0.5) is 5.82 Å². The van der Waals surface area contributed by atoms with Crippen LogP contribution in [0.2, 0.25) is 0 Å². The normalized spacial score (nSPS) is 10.7. The highest BCUT2D eigenvalue weighted by Crippen LogP contribution is 2.23. The molecule has 2 heterocycles. The van der Waals surface area contributed by atoms with Crippen molar-refractivity contribution in [2.75, 3.05) is 18.4 Å². The van der Waals surface area contributed by atoms with E-state index in [2.05, 4.69) is 15.6 Å². The lowest BCUT2D eigenvalue weighted by Gasteiger charge is -2.20. The van der Waals surface area contributed by atoms with E-state index in [-0.39, 0.29) is 42.8 Å². The van der Waals surface area contributed by atoms with Gasteiger partial charge in [0, 0.05) is 41.2 Å². The lowest BCUT2D eigenvalue weighted by atomic mass is 10.1. The average Bonchev–Trinajstić information content (AvgIpc) is 3.37. The number of nitrogen functional groups attached to an aromatic ring is 1. The second kappa shape index (κ2) is 10.2. The van der Waals surface area contributed by atoms with Crippen LogP contribution in [-0.2, 0) is 6.54 Å². The number of nitrogens with zero attached hydrogens (tertiary/aromatic N) is 2. The summed E-state index contributed by atoms with van der Waals surface area (Å²) in [5.74, 6) is -1.61. The largest absolute Gasteiger partial charge is 0.477 e. The van der Waals surface area contributed by atoms with Crippen molar-refractivity contribution in [1.29, 1.82) is 5.41 Å². The van der Waals surface area contributed by atoms with Gasteiger partial charge in [0.1, 0.15) is 22.2 Å². The van der Waals surface area contributed by atoms with Crippen LogP contribution < -0.4 is 21.8 Å². The van der Waals surface area contributed by atoms with Crippen molar-refractivity contribution in [3.63, 3.8) is 0 Å². The standard InChI is InChI=1S/C24H22N6O4S/c25-21(26)14-5-7-15(8-6-14)23(32)29-10-9-28-22-19(24(33)34)20(31)16-3-1-2-4-17(16)30(22)13-18-27-11-12-35-18/h1-8,11-12,28H,9-10,13H2,(H3,25,26)(H,29,32)(H,33,34). The minimum Gasteiger partial charge on any atom is -0.477 e. The van der Waals surface area contributed by atoms with Crippen LogP contribution >= 0.6 is 11.3 Å². The van der Waals surface area contributed by atoms with Crippen molar-refractivity contribution >= 4 is 45.8 Å². The molecule has 0 atom stereocenters. The number of carbonyl (C=O) groups excluding carboxylic acids is 1. The fourth-order valence-corrected chi connectivity index (χ4v) is 4.28. The summed E-state index contributed by atoms with van der Waals surface area (Å²) in [5.41, 5.74) is 5.97. The van der Waals surface area contributed by atoms with Crippen LogP contribution in [0.3, 0.4) is 0 Å². The van der Waals surface area contributed by atoms with E-state index in [9.17, 15) is 19.5 Å². The van der Waals surface area contributed by atoms with Gasteiger partial charge in [-0.2, -0.15) is 0 Å². The van der Waals surface area contributed by atoms with E-state index in [1.54, 1.807) is 59.3 Å². The molecule has 0 bridgehead atoms. The van der Waals surface area contributed by atoms with Gasteiger partial charge in [0.25, 0.3) is 5.91 Å². The zero-order valence-electron chi connectivity index (χ0n) is 18.4. The van der Waals surface area contributed by atoms with Crippen molar-refractivity contribution < 1.29 is 14.7 Å². The Balaban J connectivity index is 1.58. The molecule has 35 heavy (non-hydrogen) atoms. The van der Waals surface area contributed by atoms with Crippen molar-refractivity contribution in [2.24, 2.45) is 5.73 Å². The van der Waals surface area contributed by atoms with Gasteiger partial charge in [-0.15, -0.1) is 11.3 Å². The number of anilines is 1. The molecule has 0 radical (unpaired) electrons. The molecule has 0 unspecified atom stereocenters. The first-order valence-corrected chi connectivity index (χ1v) is 11.5. The van der Waals surface area contributed by atoms with Gasteiger partial charge in [-0.05, 0) is 24.3 Å². The van der Waals surface area contributed by atoms with Gasteiger partial charge in [0.05, 0.1) is 12.1 Å². The number of amides is 1. The Morgan fingerprint density at radius 1 is 1.09 bits per heavy atom. The third kappa shape index (κ3) is 5.04. The van der Waals surface area contributed by atoms with Crippen molar-refractivity contribution in [1.82, 2.24) is 14.9 Å². The van der Waals surface area contributed by atoms with E-state index >= 15 is 0 Å². The molecule has 0 fully saturated rings. The summed E-state index contributed by atoms with van der Waals surface area (Å²) in [4.78, 5) is 41.8. The summed E-state index contributed by atoms with van der Waals surface area (Å²) in [6, 6.07) is 13.1. The lowest BCUT2D eigenvalue weighted by molar-refractivity contribution is 0.0695. The molecule has 0 saturated heterocycles. The summed E-state index contributed by atoms with van der Waals surface area (Å²) >= 11 is 1.42. The first kappa shape index (κ1) is 23.6. The van der Waals surface area contributed by atoms with E-state index in [1.165, 1.54) is 11.3 Å². The first-order chi connectivity index (χ1) is 16.9. The zero-order chi connectivity index (χ0) is 24.9. The monoisotopic (exact) mass is 490 g/mol. The number of para-hydroxylation sites is 1. The second-order valence-electron chi connectivity index (χ2n) is 7.56. The molecule has 1 amide bonds. The number of fused-ring (bicyclic) bond motifs is 1. The van der Waals surface area contributed by atoms with Gasteiger partial charge in [-0.1, -0.05) is 24.3 Å². The summed E-state index contributed by atoms with van der Waals surface area (Å²) in [5, 5.41) is 25.9. The summed E-state index contributed by atoms with van der Waals surface area (Å²) in [6.45, 7) is 0.619. The Hall–Kier alpha value is -4.51. The number of hydrogen-bond acceptors (Lipinski definition) is 7. The smallest absolute Gasteiger partial charge is 0.343 e. The van der Waals surface area contributed by atoms with Gasteiger partial charge < -0.3 is 26.0 Å². The van der Waals surface area contributed by atoms with E-state index < -0.39 is 11.4 Å². The Bertz CT molecular complexity index is 1460. The minimum absolute atomic E-state index is 0.0884. The van der Waals surface area contributed by atoms with E-state index in [1.807, 2.05) is 5.38 Å². The maximum atomic E-state index is 13.0. The number of nitrogens with two attached hydrogens (primary N) is 1. The van der Waals surface area contributed by atoms with Crippen LogP contribution in [-0.4, -0.2) is 45.5 Å². The molecule has 2 aromatic heterocycles. The number of hydrogen-bond donors (Lipinski definition) is 5. The molecule has 0 aliphatic rings. The van der Waals surface area contributed by atoms with Gasteiger partial charge >= 0.3 is 5.97 Å². The van der Waals surface area contributed by atoms with E-state index in [0.717, 1.165) is 5.01 Å². The fraction of sp³-hybridized carbons (Fsp3) is 0.125. The molecule has 0 saturated carbocycles. The Morgan fingerprint density at radius 2 is 1.80 bits per heavy atom. The molecule has 2 aromatic carbocycles. The molecule has 11 heteroatoms. The number of thiazole rings is 1. The van der Waals surface area contributed by atoms with Crippen LogP contribution in [0.5, 0.6) is 0 Å². The van der Waals surface area contributed by atoms with Crippen LogP contribution in [0, 0.1) is 5.41 Å². The van der Waals surface area contributed by atoms with E-state index in [4.69, 9.17) is 11.1 Å². The number of carboxylic acid groups (broad SMARTS) is 1. The van der Waals surface area contributed by atoms with Gasteiger partial charge in [-0.3, -0.25) is 15.0 Å². The van der Waals surface area contributed by atoms with Gasteiger partial charge in [0.2, 0.25) is 5.43 Å². The Labute approximate surface area is 203 Å². The molecule has 0 aliphatic heterocycles. The number of aromatic carboxylic acids is 1. The predicted molar refractivity (Wildman–Crippen MR) is 135 cm³/mol. The highest BCUT2D eigenvalue weighted by molar-refractivity contribution is 7.09. The minimum atomic E-state index is -1.34. The zero-order valence-corrected chi connectivity index (χ0v) is 19.3. The van der Waals surface area contributed by atoms with Gasteiger partial charge in [-0.25, -0.2) is 9.78 Å². The highest BCUT2D eigenvalue weighted by Gasteiger charge is 2.22. The lowest BCUT2D eigenvalue weighted by Crippen LogP contribution is -2.31. The molecule has 0 aliphatic carbocycles. The molecule has 6 N–H and O–H groups in total. The fourth-order valence-electron chi connectivity index (χ4n) is 3.67. The number of pyridine rings is 1. The third-order valence-corrected chi connectivity index (χ3v) is 6.09. The van der Waals surface area contributed by atoms with Crippen molar-refractivity contribution in [2.45, 2.75) is 6.54 Å². The Kier molecular flexibility index (Phi) is 6.88. The van der Waals surface area contributed by atoms with Crippen LogP contribution in [0.15, 0.2) is 64.9 Å². The molecule has 178 valence electrons. The molecule has 0 spiro atoms. The van der Waals surface area contributed by atoms with Crippen molar-refractivity contribution in [3.05, 3.63) is 92.0 Å². The predicted octanol–water partition coefficient (Wildman–Crippen LogP) is 2.33. The quantitative estimate of drug-likeness (QED) is 0.137. The summed E-state index contributed by atoms with van der Waals surface area (Å²) < 4.78 is 1.72. The van der Waals surface area contributed by atoms with Crippen molar-refractivity contribution in [3.8, 4) is 0 Å². The SMILES string of the molecule is N=C(N)c1ccc(C(=O)NCCNc2c(C(=O)O)c(=O)c3ccccc3n2Cc2nccs2)cc1. The topological polar surface area (TPSA) is 163 Å². The number of rotatable bonds is 9. The molecule has 4 aromatic rings. The average molecular weight is 491 g/mol. The number of benzene rings is 2. The summed E-state index contributed by atoms with van der Waals surface area (Å²) in [6.07, 6.45) is 1.66. The second-order valence-corrected chi connectivity index (χ2v) is 8.54.